The summed E-state index contributed by atoms with van der Waals surface area (Å²) >= 11 is 0. The van der Waals surface area contributed by atoms with Gasteiger partial charge in [0.05, 0.1) is 21.3 Å². The van der Waals surface area contributed by atoms with Crippen LogP contribution in [0.3, 0.4) is 0 Å². The number of carboxylic acid groups (broad SMARTS) is 1. The number of amides is 2. The van der Waals surface area contributed by atoms with Crippen LogP contribution in [-0.2, 0) is 9.59 Å². The largest absolute Gasteiger partial charge is 0.493 e. The molecule has 9 heteroatoms. The molecular weight excluding hydrogens is 320 g/mol. The van der Waals surface area contributed by atoms with Gasteiger partial charge in [-0.3, -0.25) is 14.4 Å². The molecule has 1 aromatic rings. The van der Waals surface area contributed by atoms with Gasteiger partial charge in [-0.15, -0.1) is 0 Å². The summed E-state index contributed by atoms with van der Waals surface area (Å²) in [5.41, 5.74) is 0.197. The summed E-state index contributed by atoms with van der Waals surface area (Å²) in [6.45, 7) is 0.913. The average molecular weight is 340 g/mol. The third-order valence-electron chi connectivity index (χ3n) is 3.08. The highest BCUT2D eigenvalue weighted by atomic mass is 16.5. The predicted octanol–water partition coefficient (Wildman–Crippen LogP) is 0.0315. The number of hydrogen-bond donors (Lipinski definition) is 3. The Kier molecular flexibility index (Phi) is 6.84. The molecule has 0 fully saturated rings. The minimum Gasteiger partial charge on any atom is -0.493 e. The molecule has 0 aromatic heterocycles. The molecule has 0 aliphatic carbocycles. The monoisotopic (exact) mass is 340 g/mol. The fraction of sp³-hybridized carbons (Fsp3) is 0.400. The van der Waals surface area contributed by atoms with Crippen molar-refractivity contribution in [2.75, 3.05) is 27.9 Å². The Morgan fingerprint density at radius 1 is 1.08 bits per heavy atom. The zero-order valence-electron chi connectivity index (χ0n) is 13.8. The van der Waals surface area contributed by atoms with Gasteiger partial charge in [0, 0.05) is 5.56 Å². The molecule has 0 aliphatic rings. The molecule has 132 valence electrons. The van der Waals surface area contributed by atoms with Crippen LogP contribution >= 0.6 is 0 Å². The van der Waals surface area contributed by atoms with E-state index in [2.05, 4.69) is 10.6 Å². The number of benzene rings is 1. The molecule has 1 unspecified atom stereocenters. The Hall–Kier alpha value is -2.97. The molecular formula is C15H20N2O7. The molecule has 1 aromatic carbocycles. The number of hydrogen-bond acceptors (Lipinski definition) is 6. The summed E-state index contributed by atoms with van der Waals surface area (Å²) < 4.78 is 15.5. The van der Waals surface area contributed by atoms with Gasteiger partial charge in [-0.2, -0.15) is 0 Å². The minimum atomic E-state index is -1.17. The highest BCUT2D eigenvalue weighted by molar-refractivity contribution is 5.98. The molecule has 1 rings (SSSR count). The van der Waals surface area contributed by atoms with Gasteiger partial charge in [-0.1, -0.05) is 0 Å². The zero-order chi connectivity index (χ0) is 18.3. The van der Waals surface area contributed by atoms with Crippen molar-refractivity contribution in [3.63, 3.8) is 0 Å². The van der Waals surface area contributed by atoms with Crippen molar-refractivity contribution in [2.24, 2.45) is 0 Å². The van der Waals surface area contributed by atoms with Gasteiger partial charge >= 0.3 is 5.97 Å². The van der Waals surface area contributed by atoms with E-state index < -0.39 is 30.4 Å². The van der Waals surface area contributed by atoms with Crippen molar-refractivity contribution in [3.8, 4) is 17.2 Å². The van der Waals surface area contributed by atoms with Crippen molar-refractivity contribution in [1.82, 2.24) is 10.6 Å². The number of aliphatic carboxylic acids is 1. The molecule has 2 amide bonds. The molecule has 0 spiro atoms. The van der Waals surface area contributed by atoms with Gasteiger partial charge in [0.2, 0.25) is 11.7 Å². The second-order valence-electron chi connectivity index (χ2n) is 4.72. The van der Waals surface area contributed by atoms with Crippen LogP contribution in [0.1, 0.15) is 17.3 Å². The van der Waals surface area contributed by atoms with Crippen LogP contribution in [-0.4, -0.2) is 56.8 Å². The van der Waals surface area contributed by atoms with E-state index in [-0.39, 0.29) is 5.56 Å². The summed E-state index contributed by atoms with van der Waals surface area (Å²) in [4.78, 5) is 34.4. The summed E-state index contributed by atoms with van der Waals surface area (Å²) in [7, 11) is 4.27. The van der Waals surface area contributed by atoms with Crippen LogP contribution in [0.4, 0.5) is 0 Å². The molecule has 0 bridgehead atoms. The Morgan fingerprint density at radius 2 is 1.62 bits per heavy atom. The van der Waals surface area contributed by atoms with Crippen molar-refractivity contribution in [1.29, 1.82) is 0 Å². The van der Waals surface area contributed by atoms with Gasteiger partial charge in [0.25, 0.3) is 5.91 Å². The first-order valence-corrected chi connectivity index (χ1v) is 6.94. The molecule has 1 atom stereocenters. The fourth-order valence-corrected chi connectivity index (χ4v) is 1.87. The maximum Gasteiger partial charge on any atom is 0.322 e. The molecule has 9 nitrogen and oxygen atoms in total. The lowest BCUT2D eigenvalue weighted by Crippen LogP contribution is -2.46. The number of carbonyl (C=O) groups excluding carboxylic acids is 2. The van der Waals surface area contributed by atoms with E-state index in [9.17, 15) is 14.4 Å². The van der Waals surface area contributed by atoms with Crippen LogP contribution in [0, 0.1) is 0 Å². The normalized spacial score (nSPS) is 11.2. The second-order valence-corrected chi connectivity index (χ2v) is 4.72. The summed E-state index contributed by atoms with van der Waals surface area (Å²) in [6, 6.07) is 1.97. The van der Waals surface area contributed by atoms with Crippen molar-refractivity contribution in [3.05, 3.63) is 17.7 Å². The van der Waals surface area contributed by atoms with Crippen molar-refractivity contribution < 1.29 is 33.7 Å². The van der Waals surface area contributed by atoms with Gasteiger partial charge in [-0.25, -0.2) is 0 Å². The van der Waals surface area contributed by atoms with Crippen LogP contribution < -0.4 is 24.8 Å². The number of carbonyl (C=O) groups is 3. The lowest BCUT2D eigenvalue weighted by molar-refractivity contribution is -0.138. The van der Waals surface area contributed by atoms with E-state index in [1.165, 1.54) is 40.4 Å². The number of nitrogens with one attached hydrogen (secondary N) is 2. The first-order chi connectivity index (χ1) is 11.3. The van der Waals surface area contributed by atoms with Gasteiger partial charge in [-0.05, 0) is 19.1 Å². The van der Waals surface area contributed by atoms with E-state index in [1.807, 2.05) is 0 Å². The Labute approximate surface area is 138 Å². The molecule has 0 radical (unpaired) electrons. The molecule has 0 saturated carbocycles. The average Bonchev–Trinajstić information content (AvgIpc) is 2.57. The van der Waals surface area contributed by atoms with Crippen LogP contribution in [0.2, 0.25) is 0 Å². The van der Waals surface area contributed by atoms with Gasteiger partial charge < -0.3 is 30.0 Å². The Balaban J connectivity index is 2.91. The highest BCUT2D eigenvalue weighted by Crippen LogP contribution is 2.38. The summed E-state index contributed by atoms with van der Waals surface area (Å²) in [5.74, 6) is -1.41. The third kappa shape index (κ3) is 4.77. The van der Waals surface area contributed by atoms with E-state index in [1.54, 1.807) is 0 Å². The van der Waals surface area contributed by atoms with Crippen molar-refractivity contribution in [2.45, 2.75) is 13.0 Å². The molecule has 3 N–H and O–H groups in total. The molecule has 0 saturated heterocycles. The lowest BCUT2D eigenvalue weighted by Gasteiger charge is -2.16. The lowest BCUT2D eigenvalue weighted by atomic mass is 10.1. The Bertz CT molecular complexity index is 605. The van der Waals surface area contributed by atoms with Crippen LogP contribution in [0.5, 0.6) is 17.2 Å². The fourth-order valence-electron chi connectivity index (χ4n) is 1.87. The smallest absolute Gasteiger partial charge is 0.322 e. The molecule has 0 aliphatic heterocycles. The number of rotatable bonds is 8. The quantitative estimate of drug-likeness (QED) is 0.610. The van der Waals surface area contributed by atoms with E-state index >= 15 is 0 Å². The zero-order valence-corrected chi connectivity index (χ0v) is 13.8. The minimum absolute atomic E-state index is 0.197. The van der Waals surface area contributed by atoms with Gasteiger partial charge in [0.1, 0.15) is 12.6 Å². The van der Waals surface area contributed by atoms with E-state index in [4.69, 9.17) is 19.3 Å². The van der Waals surface area contributed by atoms with E-state index in [0.29, 0.717) is 17.2 Å². The predicted molar refractivity (Wildman–Crippen MR) is 83.7 cm³/mol. The van der Waals surface area contributed by atoms with E-state index in [0.717, 1.165) is 0 Å². The standard InChI is InChI=1S/C15H20N2O7/c1-8(14(20)16-7-12(18)19)17-15(21)9-5-10(22-2)13(24-4)11(6-9)23-3/h5-6,8H,7H2,1-4H3,(H,16,20)(H,17,21)(H,18,19). The Morgan fingerprint density at radius 3 is 2.04 bits per heavy atom. The summed E-state index contributed by atoms with van der Waals surface area (Å²) in [6.07, 6.45) is 0. The highest BCUT2D eigenvalue weighted by Gasteiger charge is 2.20. The van der Waals surface area contributed by atoms with Gasteiger partial charge in [0.15, 0.2) is 11.5 Å². The molecule has 24 heavy (non-hydrogen) atoms. The number of carboxylic acids is 1. The number of methoxy groups -OCH3 is 3. The number of ether oxygens (including phenoxy) is 3. The third-order valence-corrected chi connectivity index (χ3v) is 3.08. The molecule has 0 heterocycles. The topological polar surface area (TPSA) is 123 Å². The SMILES string of the molecule is COc1cc(C(=O)NC(C)C(=O)NCC(=O)O)cc(OC)c1OC. The maximum atomic E-state index is 12.3. The van der Waals surface area contributed by atoms with Crippen LogP contribution in [0.25, 0.3) is 0 Å². The summed E-state index contributed by atoms with van der Waals surface area (Å²) in [5, 5.41) is 13.2. The second kappa shape index (κ2) is 8.61. The van der Waals surface area contributed by atoms with Crippen molar-refractivity contribution >= 4 is 17.8 Å². The van der Waals surface area contributed by atoms with Crippen LogP contribution in [0.15, 0.2) is 12.1 Å². The first-order valence-electron chi connectivity index (χ1n) is 6.94. The maximum absolute atomic E-state index is 12.3. The first kappa shape index (κ1) is 19.1.